The zero-order chi connectivity index (χ0) is 34.1. The first kappa shape index (κ1) is 32.0. The fourth-order valence-corrected chi connectivity index (χ4v) is 8.92. The minimum absolute atomic E-state index is 0.0134. The summed E-state index contributed by atoms with van der Waals surface area (Å²) in [6.07, 6.45) is 3.80. The van der Waals surface area contributed by atoms with Gasteiger partial charge in [-0.3, -0.25) is 28.9 Å². The number of anilines is 1. The fourth-order valence-electron chi connectivity index (χ4n) is 8.74. The normalized spacial score (nSPS) is 28.1. The van der Waals surface area contributed by atoms with Crippen LogP contribution >= 0.6 is 11.6 Å². The average Bonchev–Trinajstić information content (AvgIpc) is 3.42. The van der Waals surface area contributed by atoms with E-state index < -0.39 is 58.6 Å². The van der Waals surface area contributed by atoms with Crippen LogP contribution in [0.15, 0.2) is 66.2 Å². The number of carbonyl (C=O) groups excluding carboxylic acids is 4. The van der Waals surface area contributed by atoms with Gasteiger partial charge in [-0.1, -0.05) is 66.1 Å². The number of hydrogen-bond acceptors (Lipinski definition) is 6. The lowest BCUT2D eigenvalue weighted by Crippen LogP contribution is -2.48. The van der Waals surface area contributed by atoms with Crippen molar-refractivity contribution >= 4 is 57.7 Å². The molecule has 3 fully saturated rings. The Bertz CT molecular complexity index is 1940. The van der Waals surface area contributed by atoms with Gasteiger partial charge in [0, 0.05) is 29.8 Å². The number of aliphatic carboxylic acids is 1. The molecule has 0 unspecified atom stereocenters. The van der Waals surface area contributed by atoms with Crippen molar-refractivity contribution in [2.24, 2.45) is 29.1 Å². The first-order valence-electron chi connectivity index (χ1n) is 16.3. The Hall–Kier alpha value is -4.57. The number of likely N-dealkylation sites (tertiary alicyclic amines) is 1. The van der Waals surface area contributed by atoms with Gasteiger partial charge < -0.3 is 10.2 Å². The van der Waals surface area contributed by atoms with E-state index in [-0.39, 0.29) is 54.1 Å². The lowest BCUT2D eigenvalue weighted by Gasteiger charge is -2.49. The highest BCUT2D eigenvalue weighted by atomic mass is 35.5. The molecule has 2 aliphatic carbocycles. The first-order chi connectivity index (χ1) is 22.9. The van der Waals surface area contributed by atoms with Crippen LogP contribution < -0.4 is 4.90 Å². The van der Waals surface area contributed by atoms with Crippen molar-refractivity contribution in [3.8, 4) is 5.75 Å². The monoisotopic (exact) mass is 672 g/mol. The molecule has 6 atom stereocenters. The number of hydrogen-bond donors (Lipinski definition) is 2. The molecule has 3 aromatic rings. The highest BCUT2D eigenvalue weighted by Gasteiger charge is 2.67. The van der Waals surface area contributed by atoms with Gasteiger partial charge in [-0.25, -0.2) is 9.29 Å². The van der Waals surface area contributed by atoms with Crippen LogP contribution in [-0.2, 0) is 24.0 Å². The van der Waals surface area contributed by atoms with Crippen LogP contribution in [0.25, 0.3) is 10.8 Å². The summed E-state index contributed by atoms with van der Waals surface area (Å²) >= 11 is 6.08. The minimum Gasteiger partial charge on any atom is -0.507 e. The predicted molar refractivity (Wildman–Crippen MR) is 174 cm³/mol. The Morgan fingerprint density at radius 1 is 0.979 bits per heavy atom. The van der Waals surface area contributed by atoms with Crippen LogP contribution in [0.3, 0.4) is 0 Å². The summed E-state index contributed by atoms with van der Waals surface area (Å²) in [5, 5.41) is 21.8. The number of amides is 4. The van der Waals surface area contributed by atoms with E-state index in [2.05, 4.69) is 0 Å². The maximum Gasteiger partial charge on any atom is 0.303 e. The minimum atomic E-state index is -1.39. The Morgan fingerprint density at radius 3 is 2.50 bits per heavy atom. The average molecular weight is 673 g/mol. The summed E-state index contributed by atoms with van der Waals surface area (Å²) in [4.78, 5) is 69.8. The fraction of sp³-hybridized carbons (Fsp3) is 0.378. The van der Waals surface area contributed by atoms with Crippen molar-refractivity contribution in [2.75, 3.05) is 11.4 Å². The summed E-state index contributed by atoms with van der Waals surface area (Å²) in [7, 11) is 0. The largest absolute Gasteiger partial charge is 0.507 e. The summed E-state index contributed by atoms with van der Waals surface area (Å²) < 4.78 is 14.1. The maximum atomic E-state index is 14.6. The lowest BCUT2D eigenvalue weighted by molar-refractivity contribution is -0.141. The smallest absolute Gasteiger partial charge is 0.303 e. The van der Waals surface area contributed by atoms with Gasteiger partial charge in [0.05, 0.1) is 33.9 Å². The van der Waals surface area contributed by atoms with Crippen LogP contribution in [0.5, 0.6) is 5.75 Å². The number of fused-ring (bicyclic) bond motifs is 5. The van der Waals surface area contributed by atoms with E-state index in [0.29, 0.717) is 30.2 Å². The van der Waals surface area contributed by atoms with E-state index in [1.807, 2.05) is 24.3 Å². The Morgan fingerprint density at radius 2 is 1.75 bits per heavy atom. The zero-order valence-electron chi connectivity index (χ0n) is 26.2. The van der Waals surface area contributed by atoms with E-state index in [0.717, 1.165) is 21.9 Å². The summed E-state index contributed by atoms with van der Waals surface area (Å²) in [6.45, 7) is 1.90. The molecular formula is C37H34ClFN2O7. The molecule has 2 aliphatic heterocycles. The van der Waals surface area contributed by atoms with E-state index in [1.165, 1.54) is 17.0 Å². The highest BCUT2D eigenvalue weighted by molar-refractivity contribution is 6.31. The van der Waals surface area contributed by atoms with Crippen LogP contribution in [0.4, 0.5) is 10.1 Å². The second-order valence-electron chi connectivity index (χ2n) is 13.5. The molecule has 0 bridgehead atoms. The molecule has 2 N–H and O–H groups in total. The third kappa shape index (κ3) is 4.75. The number of carbonyl (C=O) groups is 5. The molecule has 0 aromatic heterocycles. The molecule has 4 amide bonds. The van der Waals surface area contributed by atoms with Crippen LogP contribution in [-0.4, -0.2) is 51.3 Å². The molecule has 4 aliphatic rings. The number of aromatic hydroxyl groups is 1. The topological polar surface area (TPSA) is 132 Å². The number of halogens is 2. The highest BCUT2D eigenvalue weighted by Crippen LogP contribution is 2.64. The molecule has 1 saturated carbocycles. The molecular weight excluding hydrogens is 639 g/mol. The van der Waals surface area contributed by atoms with E-state index >= 15 is 0 Å². The van der Waals surface area contributed by atoms with Crippen molar-refractivity contribution in [1.29, 1.82) is 0 Å². The Labute approximate surface area is 281 Å². The number of allylic oxidation sites excluding steroid dienone is 2. The van der Waals surface area contributed by atoms with Crippen LogP contribution in [0.1, 0.15) is 56.9 Å². The van der Waals surface area contributed by atoms with Gasteiger partial charge in [0.25, 0.3) is 0 Å². The summed E-state index contributed by atoms with van der Waals surface area (Å²) in [6, 6.07) is 14.6. The molecule has 48 heavy (non-hydrogen) atoms. The number of benzene rings is 3. The lowest BCUT2D eigenvalue weighted by atomic mass is 9.51. The van der Waals surface area contributed by atoms with Gasteiger partial charge in [0.2, 0.25) is 23.6 Å². The van der Waals surface area contributed by atoms with Gasteiger partial charge in [-0.15, -0.1) is 0 Å². The number of phenols is 1. The second kappa shape index (κ2) is 11.8. The molecule has 11 heteroatoms. The second-order valence-corrected chi connectivity index (χ2v) is 13.9. The molecule has 2 heterocycles. The predicted octanol–water partition coefficient (Wildman–Crippen LogP) is 6.21. The molecule has 0 spiro atoms. The zero-order valence-corrected chi connectivity index (χ0v) is 27.0. The van der Waals surface area contributed by atoms with Gasteiger partial charge >= 0.3 is 5.97 Å². The maximum absolute atomic E-state index is 14.6. The van der Waals surface area contributed by atoms with Crippen LogP contribution in [0.2, 0.25) is 5.02 Å². The molecule has 0 radical (unpaired) electrons. The van der Waals surface area contributed by atoms with Gasteiger partial charge in [-0.2, -0.15) is 0 Å². The standard InChI is InChI=1S/C37H34ClFN2O7/c1-37-26(34(46)41(36(37)48)20-11-15-28(39)27(38)17-20)18-25-22(31(37)24-12-10-19-7-4-5-8-21(19)32(24)44)13-14-23-30(25)35(47)40(33(23)45)16-6-2-3-9-29(42)43/h4-5,7-8,10-13,15,17,23,25-26,30-31,44H,2-3,6,9,14,16,18H2,1H3,(H,42,43)/t23-,25+,26-,30-,31+,37+/m0/s1. The first-order valence-corrected chi connectivity index (χ1v) is 16.6. The number of imide groups is 2. The SMILES string of the molecule is C[C@@]12C(=O)N(c3ccc(F)c(Cl)c3)C(=O)[C@@H]1C[C@@H]1C(=CC[C@@H]3C(=O)N(CCCCCC(=O)O)C(=O)[C@@H]31)[C@@H]2c1ccc2ccccc2c1O. The number of carboxylic acids is 1. The molecule has 3 aromatic carbocycles. The van der Waals surface area contributed by atoms with Crippen molar-refractivity contribution in [2.45, 2.75) is 51.4 Å². The number of carboxylic acid groups (broad SMARTS) is 1. The van der Waals surface area contributed by atoms with Crippen molar-refractivity contribution in [3.05, 3.63) is 82.6 Å². The number of nitrogens with zero attached hydrogens (tertiary/aromatic N) is 2. The van der Waals surface area contributed by atoms with Crippen molar-refractivity contribution < 1.29 is 38.6 Å². The van der Waals surface area contributed by atoms with Crippen molar-refractivity contribution in [1.82, 2.24) is 4.90 Å². The molecule has 9 nitrogen and oxygen atoms in total. The van der Waals surface area contributed by atoms with E-state index in [1.54, 1.807) is 25.1 Å². The Kier molecular flexibility index (Phi) is 7.89. The molecule has 248 valence electrons. The molecule has 7 rings (SSSR count). The van der Waals surface area contributed by atoms with Gasteiger partial charge in [0.1, 0.15) is 11.6 Å². The van der Waals surface area contributed by atoms with Gasteiger partial charge in [-0.05, 0) is 62.1 Å². The number of phenolic OH excluding ortho intramolecular Hbond substituents is 1. The van der Waals surface area contributed by atoms with E-state index in [9.17, 15) is 33.5 Å². The number of unbranched alkanes of at least 4 members (excludes halogenated alkanes) is 2. The summed E-state index contributed by atoms with van der Waals surface area (Å²) in [5.74, 6) is -6.91. The van der Waals surface area contributed by atoms with E-state index in [4.69, 9.17) is 16.7 Å². The third-order valence-corrected chi connectivity index (χ3v) is 11.3. The quantitative estimate of drug-likeness (QED) is 0.165. The van der Waals surface area contributed by atoms with Crippen molar-refractivity contribution in [3.63, 3.8) is 0 Å². The summed E-state index contributed by atoms with van der Waals surface area (Å²) in [5.41, 5.74) is -0.0692. The van der Waals surface area contributed by atoms with Crippen LogP contribution in [0, 0.1) is 34.9 Å². The molecule has 2 saturated heterocycles. The number of rotatable bonds is 8. The Balaban J connectivity index is 1.31. The van der Waals surface area contributed by atoms with Gasteiger partial charge in [0.15, 0.2) is 0 Å². The third-order valence-electron chi connectivity index (χ3n) is 11.0.